The van der Waals surface area contributed by atoms with Crippen LogP contribution in [0.5, 0.6) is 0 Å². The molecule has 0 saturated carbocycles. The molecule has 0 aliphatic carbocycles. The van der Waals surface area contributed by atoms with Crippen LogP contribution in [-0.2, 0) is 13.0 Å². The summed E-state index contributed by atoms with van der Waals surface area (Å²) >= 11 is 0. The third kappa shape index (κ3) is 4.01. The number of anilines is 1. The maximum absolute atomic E-state index is 5.32. The van der Waals surface area contributed by atoms with Crippen molar-refractivity contribution in [2.75, 3.05) is 5.32 Å². The highest BCUT2D eigenvalue weighted by Crippen LogP contribution is 2.21. The summed E-state index contributed by atoms with van der Waals surface area (Å²) in [6.07, 6.45) is 4.26. The average molecular weight is 341 g/mol. The molecule has 0 aliphatic rings. The van der Waals surface area contributed by atoms with Crippen molar-refractivity contribution < 1.29 is 4.52 Å². The van der Waals surface area contributed by atoms with Crippen molar-refractivity contribution in [3.8, 4) is 11.5 Å². The van der Waals surface area contributed by atoms with Crippen LogP contribution in [-0.4, -0.2) is 29.9 Å². The van der Waals surface area contributed by atoms with Crippen molar-refractivity contribution in [3.63, 3.8) is 0 Å². The van der Waals surface area contributed by atoms with E-state index in [0.717, 1.165) is 36.0 Å². The molecule has 0 aliphatic heterocycles. The lowest BCUT2D eigenvalue weighted by molar-refractivity contribution is 0.417. The number of nitrogens with one attached hydrogen (secondary N) is 1. The molecule has 25 heavy (non-hydrogen) atoms. The fourth-order valence-electron chi connectivity index (χ4n) is 2.55. The van der Waals surface area contributed by atoms with Crippen LogP contribution in [0.4, 0.5) is 5.82 Å². The van der Waals surface area contributed by atoms with Crippen molar-refractivity contribution in [3.05, 3.63) is 36.3 Å². The van der Waals surface area contributed by atoms with Crippen LogP contribution in [0, 0.1) is 5.92 Å². The fraction of sp³-hybridized carbons (Fsp3) is 0.471. The van der Waals surface area contributed by atoms with E-state index in [1.165, 1.54) is 0 Å². The van der Waals surface area contributed by atoms with Gasteiger partial charge in [-0.15, -0.1) is 10.2 Å². The van der Waals surface area contributed by atoms with Crippen molar-refractivity contribution in [1.82, 2.24) is 29.9 Å². The maximum atomic E-state index is 5.32. The summed E-state index contributed by atoms with van der Waals surface area (Å²) in [5.74, 6) is 3.34. The molecule has 0 fully saturated rings. The lowest BCUT2D eigenvalue weighted by Crippen LogP contribution is -2.13. The average Bonchev–Trinajstić information content (AvgIpc) is 3.24. The standard InChI is InChI=1S/C17H23N7O/c1-5-24-10-19-22-16(24)12(4)20-14-7-6-13(9-18-14)17-21-15(23-25-17)8-11(2)3/h6-7,9-12H,5,8H2,1-4H3,(H,18,20)/t12-/m1/s1. The van der Waals surface area contributed by atoms with Crippen LogP contribution in [0.3, 0.4) is 0 Å². The molecule has 132 valence electrons. The van der Waals surface area contributed by atoms with Gasteiger partial charge in [0.15, 0.2) is 11.6 Å². The highest BCUT2D eigenvalue weighted by atomic mass is 16.5. The monoisotopic (exact) mass is 341 g/mol. The Morgan fingerprint density at radius 3 is 2.76 bits per heavy atom. The molecule has 3 rings (SSSR count). The summed E-state index contributed by atoms with van der Waals surface area (Å²) in [6, 6.07) is 3.81. The Labute approximate surface area is 146 Å². The quantitative estimate of drug-likeness (QED) is 0.705. The Hall–Kier alpha value is -2.77. The van der Waals surface area contributed by atoms with Gasteiger partial charge < -0.3 is 14.4 Å². The maximum Gasteiger partial charge on any atom is 0.259 e. The minimum absolute atomic E-state index is 0.00171. The molecule has 0 aromatic carbocycles. The topological polar surface area (TPSA) is 94.6 Å². The van der Waals surface area contributed by atoms with Gasteiger partial charge in [-0.1, -0.05) is 19.0 Å². The summed E-state index contributed by atoms with van der Waals surface area (Å²) in [4.78, 5) is 8.85. The van der Waals surface area contributed by atoms with E-state index < -0.39 is 0 Å². The molecule has 8 nitrogen and oxygen atoms in total. The van der Waals surface area contributed by atoms with E-state index in [9.17, 15) is 0 Å². The second-order valence-electron chi connectivity index (χ2n) is 6.39. The molecular formula is C17H23N7O. The molecule has 0 unspecified atom stereocenters. The summed E-state index contributed by atoms with van der Waals surface area (Å²) in [7, 11) is 0. The Morgan fingerprint density at radius 2 is 2.08 bits per heavy atom. The van der Waals surface area contributed by atoms with Crippen molar-refractivity contribution in [2.45, 2.75) is 46.7 Å². The van der Waals surface area contributed by atoms with Gasteiger partial charge in [-0.2, -0.15) is 4.98 Å². The molecule has 0 radical (unpaired) electrons. The molecule has 0 saturated heterocycles. The lowest BCUT2D eigenvalue weighted by Gasteiger charge is -2.14. The van der Waals surface area contributed by atoms with Crippen LogP contribution in [0.15, 0.2) is 29.2 Å². The lowest BCUT2D eigenvalue weighted by atomic mass is 10.1. The Morgan fingerprint density at radius 1 is 1.24 bits per heavy atom. The Bertz CT molecular complexity index is 807. The van der Waals surface area contributed by atoms with Crippen molar-refractivity contribution >= 4 is 5.82 Å². The third-order valence-electron chi connectivity index (χ3n) is 3.81. The van der Waals surface area contributed by atoms with E-state index in [-0.39, 0.29) is 6.04 Å². The molecule has 3 aromatic heterocycles. The van der Waals surface area contributed by atoms with E-state index >= 15 is 0 Å². The Kier molecular flexibility index (Phi) is 5.06. The van der Waals surface area contributed by atoms with E-state index in [1.54, 1.807) is 12.5 Å². The van der Waals surface area contributed by atoms with Gasteiger partial charge in [0, 0.05) is 19.2 Å². The number of pyridine rings is 1. The SMILES string of the molecule is CCn1cnnc1[C@@H](C)Nc1ccc(-c2nc(CC(C)C)no2)cn1. The van der Waals surface area contributed by atoms with Gasteiger partial charge in [-0.3, -0.25) is 0 Å². The van der Waals surface area contributed by atoms with E-state index in [1.807, 2.05) is 23.6 Å². The number of hydrogen-bond acceptors (Lipinski definition) is 7. The first-order valence-electron chi connectivity index (χ1n) is 8.50. The first-order valence-corrected chi connectivity index (χ1v) is 8.50. The molecular weight excluding hydrogens is 318 g/mol. The number of hydrogen-bond donors (Lipinski definition) is 1. The molecule has 0 amide bonds. The van der Waals surface area contributed by atoms with Crippen LogP contribution in [0.1, 0.15) is 45.4 Å². The van der Waals surface area contributed by atoms with Gasteiger partial charge in [-0.05, 0) is 31.9 Å². The molecule has 1 N–H and O–H groups in total. The number of nitrogens with zero attached hydrogens (tertiary/aromatic N) is 6. The summed E-state index contributed by atoms with van der Waals surface area (Å²) < 4.78 is 7.32. The number of aromatic nitrogens is 6. The van der Waals surface area contributed by atoms with Gasteiger partial charge in [-0.25, -0.2) is 4.98 Å². The van der Waals surface area contributed by atoms with Gasteiger partial charge in [0.05, 0.1) is 11.6 Å². The zero-order chi connectivity index (χ0) is 17.8. The molecule has 0 bridgehead atoms. The zero-order valence-electron chi connectivity index (χ0n) is 15.0. The number of aryl methyl sites for hydroxylation is 1. The van der Waals surface area contributed by atoms with Crippen LogP contribution in [0.25, 0.3) is 11.5 Å². The van der Waals surface area contributed by atoms with Gasteiger partial charge >= 0.3 is 0 Å². The van der Waals surface area contributed by atoms with Crippen LogP contribution >= 0.6 is 0 Å². The summed E-state index contributed by atoms with van der Waals surface area (Å²) in [5.41, 5.74) is 0.803. The summed E-state index contributed by atoms with van der Waals surface area (Å²) in [5, 5.41) is 15.5. The predicted octanol–water partition coefficient (Wildman–Crippen LogP) is 3.11. The predicted molar refractivity (Wildman–Crippen MR) is 93.8 cm³/mol. The van der Waals surface area contributed by atoms with Crippen molar-refractivity contribution in [2.24, 2.45) is 5.92 Å². The van der Waals surface area contributed by atoms with E-state index in [0.29, 0.717) is 11.8 Å². The van der Waals surface area contributed by atoms with Crippen LogP contribution < -0.4 is 5.32 Å². The molecule has 3 heterocycles. The normalized spacial score (nSPS) is 12.5. The minimum Gasteiger partial charge on any atom is -0.360 e. The summed E-state index contributed by atoms with van der Waals surface area (Å²) in [6.45, 7) is 9.17. The second-order valence-corrected chi connectivity index (χ2v) is 6.39. The van der Waals surface area contributed by atoms with Crippen molar-refractivity contribution in [1.29, 1.82) is 0 Å². The third-order valence-corrected chi connectivity index (χ3v) is 3.81. The molecule has 8 heteroatoms. The fourth-order valence-corrected chi connectivity index (χ4v) is 2.55. The zero-order valence-corrected chi connectivity index (χ0v) is 15.0. The molecule has 0 spiro atoms. The largest absolute Gasteiger partial charge is 0.360 e. The van der Waals surface area contributed by atoms with Gasteiger partial charge in [0.2, 0.25) is 0 Å². The van der Waals surface area contributed by atoms with E-state index in [4.69, 9.17) is 4.52 Å². The molecule has 3 aromatic rings. The minimum atomic E-state index is 0.00171. The number of rotatable bonds is 7. The second kappa shape index (κ2) is 7.42. The smallest absolute Gasteiger partial charge is 0.259 e. The van der Waals surface area contributed by atoms with E-state index in [2.05, 4.69) is 51.4 Å². The highest BCUT2D eigenvalue weighted by Gasteiger charge is 2.14. The van der Waals surface area contributed by atoms with Crippen LogP contribution in [0.2, 0.25) is 0 Å². The van der Waals surface area contributed by atoms with Gasteiger partial charge in [0.1, 0.15) is 12.1 Å². The first-order chi connectivity index (χ1) is 12.1. The van der Waals surface area contributed by atoms with Gasteiger partial charge in [0.25, 0.3) is 5.89 Å². The Balaban J connectivity index is 1.69. The highest BCUT2D eigenvalue weighted by molar-refractivity contribution is 5.54. The molecule has 1 atom stereocenters. The first kappa shape index (κ1) is 17.1.